The number of quaternary nitrogens is 2. The molecule has 5 nitrogen and oxygen atoms in total. The van der Waals surface area contributed by atoms with E-state index in [-0.39, 0.29) is 10.6 Å². The lowest BCUT2D eigenvalue weighted by Gasteiger charge is -2.30. The van der Waals surface area contributed by atoms with Crippen molar-refractivity contribution in [3.63, 3.8) is 0 Å². The molecule has 0 bridgehead atoms. The van der Waals surface area contributed by atoms with E-state index in [4.69, 9.17) is 0 Å². The van der Waals surface area contributed by atoms with E-state index in [1.54, 1.807) is 21.9 Å². The van der Waals surface area contributed by atoms with Gasteiger partial charge in [0.25, 0.3) is 5.69 Å². The Morgan fingerprint density at radius 2 is 1.41 bits per heavy atom. The molecule has 5 heteroatoms. The quantitative estimate of drug-likeness (QED) is 0.529. The molecule has 0 aromatic heterocycles. The number of piperazine rings is 1. The van der Waals surface area contributed by atoms with E-state index in [0.29, 0.717) is 0 Å². The van der Waals surface area contributed by atoms with E-state index in [1.165, 1.54) is 21.9 Å². The van der Waals surface area contributed by atoms with Crippen molar-refractivity contribution in [1.82, 2.24) is 0 Å². The molecule has 138 valence electrons. The molecule has 0 radical (unpaired) electrons. The number of hydrogen-bond acceptors (Lipinski definition) is 2. The smallest absolute Gasteiger partial charge is 0.269 e. The summed E-state index contributed by atoms with van der Waals surface area (Å²) in [6.07, 6.45) is 0. The van der Waals surface area contributed by atoms with Crippen LogP contribution in [0.15, 0.2) is 66.7 Å². The van der Waals surface area contributed by atoms with Crippen molar-refractivity contribution in [1.29, 1.82) is 0 Å². The highest BCUT2D eigenvalue weighted by Gasteiger charge is 2.23. The van der Waals surface area contributed by atoms with Gasteiger partial charge in [0.2, 0.25) is 0 Å². The normalized spacial score (nSPS) is 19.9. The van der Waals surface area contributed by atoms with Gasteiger partial charge in [-0.05, 0) is 22.9 Å². The highest BCUT2D eigenvalue weighted by molar-refractivity contribution is 5.85. The first-order chi connectivity index (χ1) is 13.2. The molecule has 27 heavy (non-hydrogen) atoms. The molecule has 1 aliphatic rings. The maximum Gasteiger partial charge on any atom is 0.269 e. The molecule has 0 spiro atoms. The lowest BCUT2D eigenvalue weighted by Crippen LogP contribution is -3.27. The zero-order chi connectivity index (χ0) is 18.6. The Balaban J connectivity index is 1.34. The number of non-ortho nitro benzene ring substituents is 1. The molecule has 1 fully saturated rings. The lowest BCUT2D eigenvalue weighted by atomic mass is 10.0. The SMILES string of the molecule is O=[N+]([O-])c1ccc(C[NH+]2CC[NH+](Cc3cccc4ccccc34)CC2)cc1. The number of nitrogens with one attached hydrogen (secondary N) is 2. The molecule has 0 atom stereocenters. The van der Waals surface area contributed by atoms with Gasteiger partial charge in [-0.1, -0.05) is 42.5 Å². The maximum atomic E-state index is 10.8. The highest BCUT2D eigenvalue weighted by atomic mass is 16.6. The molecule has 3 aromatic rings. The fraction of sp³-hybridized carbons (Fsp3) is 0.273. The zero-order valence-electron chi connectivity index (χ0n) is 15.4. The second-order valence-corrected chi connectivity index (χ2v) is 7.42. The fourth-order valence-corrected chi connectivity index (χ4v) is 4.05. The Labute approximate surface area is 159 Å². The van der Waals surface area contributed by atoms with Gasteiger partial charge in [-0.15, -0.1) is 0 Å². The molecule has 1 aliphatic heterocycles. The Morgan fingerprint density at radius 3 is 2.11 bits per heavy atom. The van der Waals surface area contributed by atoms with Crippen LogP contribution in [0.4, 0.5) is 5.69 Å². The third-order valence-electron chi connectivity index (χ3n) is 5.59. The number of rotatable bonds is 5. The summed E-state index contributed by atoms with van der Waals surface area (Å²) < 4.78 is 0. The predicted molar refractivity (Wildman–Crippen MR) is 106 cm³/mol. The van der Waals surface area contributed by atoms with Crippen molar-refractivity contribution in [2.75, 3.05) is 26.2 Å². The van der Waals surface area contributed by atoms with Crippen LogP contribution in [-0.4, -0.2) is 31.1 Å². The van der Waals surface area contributed by atoms with Crippen molar-refractivity contribution in [2.45, 2.75) is 13.1 Å². The summed E-state index contributed by atoms with van der Waals surface area (Å²) in [5.74, 6) is 0. The number of fused-ring (bicyclic) bond motifs is 1. The van der Waals surface area contributed by atoms with Crippen LogP contribution in [0.1, 0.15) is 11.1 Å². The van der Waals surface area contributed by atoms with Crippen molar-refractivity contribution in [3.8, 4) is 0 Å². The molecule has 0 saturated carbocycles. The zero-order valence-corrected chi connectivity index (χ0v) is 15.4. The molecule has 0 unspecified atom stereocenters. The maximum absolute atomic E-state index is 10.8. The third-order valence-corrected chi connectivity index (χ3v) is 5.59. The Morgan fingerprint density at radius 1 is 0.778 bits per heavy atom. The molecule has 2 N–H and O–H groups in total. The van der Waals surface area contributed by atoms with Gasteiger partial charge in [-0.25, -0.2) is 0 Å². The second-order valence-electron chi connectivity index (χ2n) is 7.42. The van der Waals surface area contributed by atoms with Gasteiger partial charge >= 0.3 is 0 Å². The van der Waals surface area contributed by atoms with Crippen molar-refractivity contribution in [2.24, 2.45) is 0 Å². The van der Waals surface area contributed by atoms with E-state index < -0.39 is 0 Å². The van der Waals surface area contributed by atoms with Gasteiger partial charge in [-0.2, -0.15) is 0 Å². The minimum absolute atomic E-state index is 0.165. The second kappa shape index (κ2) is 7.86. The first-order valence-electron chi connectivity index (χ1n) is 9.56. The van der Waals surface area contributed by atoms with E-state index in [1.807, 2.05) is 12.1 Å². The predicted octanol–water partition coefficient (Wildman–Crippen LogP) is 1.23. The van der Waals surface area contributed by atoms with E-state index >= 15 is 0 Å². The van der Waals surface area contributed by atoms with Crippen LogP contribution in [0, 0.1) is 10.1 Å². The number of benzene rings is 3. The van der Waals surface area contributed by atoms with Gasteiger partial charge in [0.05, 0.1) is 4.92 Å². The largest absolute Gasteiger partial charge is 0.322 e. The number of nitrogens with zero attached hydrogens (tertiary/aromatic N) is 1. The summed E-state index contributed by atoms with van der Waals surface area (Å²) >= 11 is 0. The van der Waals surface area contributed by atoms with Gasteiger partial charge in [0.15, 0.2) is 0 Å². The van der Waals surface area contributed by atoms with Crippen LogP contribution in [0.25, 0.3) is 10.8 Å². The van der Waals surface area contributed by atoms with E-state index in [0.717, 1.165) is 39.3 Å². The molecular formula is C22H25N3O2+2. The fourth-order valence-electron chi connectivity index (χ4n) is 4.05. The van der Waals surface area contributed by atoms with Gasteiger partial charge in [-0.3, -0.25) is 10.1 Å². The average Bonchev–Trinajstić information content (AvgIpc) is 2.70. The number of hydrogen-bond donors (Lipinski definition) is 2. The summed E-state index contributed by atoms with van der Waals surface area (Å²) in [7, 11) is 0. The molecule has 0 aliphatic carbocycles. The molecule has 1 saturated heterocycles. The van der Waals surface area contributed by atoms with Crippen LogP contribution in [-0.2, 0) is 13.1 Å². The third kappa shape index (κ3) is 4.15. The van der Waals surface area contributed by atoms with Gasteiger partial charge < -0.3 is 9.80 Å². The van der Waals surface area contributed by atoms with E-state index in [2.05, 4.69) is 42.5 Å². The van der Waals surface area contributed by atoms with Crippen molar-refractivity contribution >= 4 is 16.5 Å². The van der Waals surface area contributed by atoms with Crippen LogP contribution >= 0.6 is 0 Å². The Bertz CT molecular complexity index is 926. The molecule has 4 rings (SSSR count). The first-order valence-corrected chi connectivity index (χ1v) is 9.56. The Hall–Kier alpha value is -2.76. The van der Waals surface area contributed by atoms with E-state index in [9.17, 15) is 10.1 Å². The lowest BCUT2D eigenvalue weighted by molar-refractivity contribution is -1.02. The minimum Gasteiger partial charge on any atom is -0.322 e. The van der Waals surface area contributed by atoms with Crippen LogP contribution in [0.5, 0.6) is 0 Å². The standard InChI is InChI=1S/C22H23N3O2/c26-25(27)21-10-8-18(9-11-21)16-23-12-14-24(15-13-23)17-20-6-3-5-19-4-1-2-7-22(19)20/h1-11H,12-17H2/p+2. The average molecular weight is 363 g/mol. The van der Waals surface area contributed by atoms with Crippen LogP contribution < -0.4 is 9.80 Å². The number of nitro benzene ring substituents is 1. The molecule has 0 amide bonds. The topological polar surface area (TPSA) is 52.0 Å². The summed E-state index contributed by atoms with van der Waals surface area (Å²) in [5.41, 5.74) is 2.77. The van der Waals surface area contributed by atoms with Crippen LogP contribution in [0.3, 0.4) is 0 Å². The Kier molecular flexibility index (Phi) is 5.14. The van der Waals surface area contributed by atoms with Crippen molar-refractivity contribution < 1.29 is 14.7 Å². The highest BCUT2D eigenvalue weighted by Crippen LogP contribution is 2.17. The molecular weight excluding hydrogens is 338 g/mol. The molecule has 3 aromatic carbocycles. The first kappa shape index (κ1) is 17.6. The number of nitro groups is 1. The summed E-state index contributed by atoms with van der Waals surface area (Å²) in [5, 5.41) is 13.5. The van der Waals surface area contributed by atoms with Crippen molar-refractivity contribution in [3.05, 3.63) is 88.0 Å². The monoisotopic (exact) mass is 363 g/mol. The van der Waals surface area contributed by atoms with Gasteiger partial charge in [0.1, 0.15) is 39.3 Å². The summed E-state index contributed by atoms with van der Waals surface area (Å²) in [6.45, 7) is 6.61. The molecule has 1 heterocycles. The summed E-state index contributed by atoms with van der Waals surface area (Å²) in [6, 6.07) is 22.2. The van der Waals surface area contributed by atoms with Crippen LogP contribution in [0.2, 0.25) is 0 Å². The summed E-state index contributed by atoms with van der Waals surface area (Å²) in [4.78, 5) is 13.6. The van der Waals surface area contributed by atoms with Gasteiger partial charge in [0, 0.05) is 23.3 Å². The minimum atomic E-state index is -0.341.